The molecule has 0 aliphatic carbocycles. The van der Waals surface area contributed by atoms with Gasteiger partial charge in [0.2, 0.25) is 5.76 Å². The lowest BCUT2D eigenvalue weighted by Crippen LogP contribution is -2.18. The SMILES string of the molecule is COC(=O)c1ccc(CNCCC(C)O)o1. The Morgan fingerprint density at radius 1 is 1.62 bits per heavy atom. The van der Waals surface area contributed by atoms with Crippen LogP contribution in [0, 0.1) is 0 Å². The second kappa shape index (κ2) is 6.30. The third kappa shape index (κ3) is 4.04. The molecule has 1 heterocycles. The van der Waals surface area contributed by atoms with Crippen LogP contribution in [0.5, 0.6) is 0 Å². The zero-order chi connectivity index (χ0) is 12.0. The first kappa shape index (κ1) is 12.7. The topological polar surface area (TPSA) is 71.7 Å². The number of nitrogens with one attached hydrogen (secondary N) is 1. The molecule has 0 saturated carbocycles. The molecule has 0 spiro atoms. The molecule has 16 heavy (non-hydrogen) atoms. The van der Waals surface area contributed by atoms with Gasteiger partial charge in [0.05, 0.1) is 19.8 Å². The van der Waals surface area contributed by atoms with Crippen molar-refractivity contribution in [2.75, 3.05) is 13.7 Å². The lowest BCUT2D eigenvalue weighted by atomic mass is 10.3. The fourth-order valence-electron chi connectivity index (χ4n) is 1.21. The van der Waals surface area contributed by atoms with Gasteiger partial charge in [-0.1, -0.05) is 0 Å². The van der Waals surface area contributed by atoms with E-state index in [-0.39, 0.29) is 11.9 Å². The monoisotopic (exact) mass is 227 g/mol. The first-order valence-corrected chi connectivity index (χ1v) is 5.19. The molecule has 0 aliphatic heterocycles. The van der Waals surface area contributed by atoms with E-state index in [1.165, 1.54) is 7.11 Å². The summed E-state index contributed by atoms with van der Waals surface area (Å²) in [7, 11) is 1.31. The fraction of sp³-hybridized carbons (Fsp3) is 0.545. The molecule has 2 N–H and O–H groups in total. The number of carbonyl (C=O) groups is 1. The van der Waals surface area contributed by atoms with Crippen molar-refractivity contribution in [1.29, 1.82) is 0 Å². The van der Waals surface area contributed by atoms with Gasteiger partial charge in [-0.3, -0.25) is 0 Å². The predicted octanol–water partition coefficient (Wildman–Crippen LogP) is 0.927. The van der Waals surface area contributed by atoms with Crippen LogP contribution in [0.2, 0.25) is 0 Å². The summed E-state index contributed by atoms with van der Waals surface area (Å²) in [5.41, 5.74) is 0. The zero-order valence-electron chi connectivity index (χ0n) is 9.53. The van der Waals surface area contributed by atoms with Crippen LogP contribution < -0.4 is 5.32 Å². The molecule has 0 radical (unpaired) electrons. The van der Waals surface area contributed by atoms with E-state index in [1.807, 2.05) is 0 Å². The molecule has 1 aromatic rings. The summed E-state index contributed by atoms with van der Waals surface area (Å²) in [5, 5.41) is 12.1. The van der Waals surface area contributed by atoms with Gasteiger partial charge in [-0.25, -0.2) is 4.79 Å². The number of aliphatic hydroxyl groups excluding tert-OH is 1. The van der Waals surface area contributed by atoms with E-state index in [9.17, 15) is 4.79 Å². The maximum atomic E-state index is 11.1. The lowest BCUT2D eigenvalue weighted by molar-refractivity contribution is 0.0563. The largest absolute Gasteiger partial charge is 0.463 e. The van der Waals surface area contributed by atoms with Crippen LogP contribution in [0.15, 0.2) is 16.5 Å². The number of ether oxygens (including phenoxy) is 1. The Kier molecular flexibility index (Phi) is 5.01. The van der Waals surface area contributed by atoms with Gasteiger partial charge in [0, 0.05) is 0 Å². The van der Waals surface area contributed by atoms with E-state index in [2.05, 4.69) is 10.1 Å². The molecule has 1 unspecified atom stereocenters. The molecule has 1 rings (SSSR count). The standard InChI is InChI=1S/C11H17NO4/c1-8(13)5-6-12-7-9-3-4-10(16-9)11(14)15-2/h3-4,8,12-13H,5-7H2,1-2H3. The fourth-order valence-corrected chi connectivity index (χ4v) is 1.21. The Labute approximate surface area is 94.4 Å². The van der Waals surface area contributed by atoms with Crippen molar-refractivity contribution in [3.8, 4) is 0 Å². The van der Waals surface area contributed by atoms with E-state index in [0.717, 1.165) is 0 Å². The Morgan fingerprint density at radius 2 is 2.38 bits per heavy atom. The van der Waals surface area contributed by atoms with Gasteiger partial charge in [-0.2, -0.15) is 0 Å². The second-order valence-electron chi connectivity index (χ2n) is 3.57. The van der Waals surface area contributed by atoms with Crippen molar-refractivity contribution >= 4 is 5.97 Å². The number of aliphatic hydroxyl groups is 1. The smallest absolute Gasteiger partial charge is 0.373 e. The molecule has 0 fully saturated rings. The maximum absolute atomic E-state index is 11.1. The van der Waals surface area contributed by atoms with Crippen molar-refractivity contribution in [3.63, 3.8) is 0 Å². The Hall–Kier alpha value is -1.33. The number of methoxy groups -OCH3 is 1. The summed E-state index contributed by atoms with van der Waals surface area (Å²) in [5.74, 6) is 0.399. The average molecular weight is 227 g/mol. The van der Waals surface area contributed by atoms with E-state index in [4.69, 9.17) is 9.52 Å². The van der Waals surface area contributed by atoms with Crippen LogP contribution in [0.1, 0.15) is 29.7 Å². The minimum atomic E-state index is -0.477. The first-order chi connectivity index (χ1) is 7.63. The number of esters is 1. The molecule has 5 nitrogen and oxygen atoms in total. The summed E-state index contributed by atoms with van der Waals surface area (Å²) in [6.45, 7) is 2.97. The highest BCUT2D eigenvalue weighted by atomic mass is 16.5. The van der Waals surface area contributed by atoms with Crippen molar-refractivity contribution in [2.45, 2.75) is 26.0 Å². The van der Waals surface area contributed by atoms with Crippen LogP contribution in [0.3, 0.4) is 0 Å². The molecule has 90 valence electrons. The number of hydrogen-bond acceptors (Lipinski definition) is 5. The lowest BCUT2D eigenvalue weighted by Gasteiger charge is -2.04. The third-order valence-electron chi connectivity index (χ3n) is 2.09. The summed E-state index contributed by atoms with van der Waals surface area (Å²) < 4.78 is 9.76. The number of hydrogen-bond donors (Lipinski definition) is 2. The molecule has 0 aromatic carbocycles. The number of carbonyl (C=O) groups excluding carboxylic acids is 1. The van der Waals surface area contributed by atoms with Crippen molar-refractivity contribution in [2.24, 2.45) is 0 Å². The molecule has 1 atom stereocenters. The molecule has 1 aromatic heterocycles. The Morgan fingerprint density at radius 3 is 3.00 bits per heavy atom. The minimum absolute atomic E-state index is 0.204. The van der Waals surface area contributed by atoms with Crippen LogP contribution in [0.25, 0.3) is 0 Å². The highest BCUT2D eigenvalue weighted by Crippen LogP contribution is 2.08. The molecule has 5 heteroatoms. The van der Waals surface area contributed by atoms with Gasteiger partial charge in [0.15, 0.2) is 0 Å². The Balaban J connectivity index is 2.32. The summed E-state index contributed by atoms with van der Waals surface area (Å²) in [6, 6.07) is 3.30. The molecule has 0 bridgehead atoms. The van der Waals surface area contributed by atoms with Gasteiger partial charge in [0.25, 0.3) is 0 Å². The molecule has 0 saturated heterocycles. The number of furan rings is 1. The van der Waals surface area contributed by atoms with Gasteiger partial charge in [-0.05, 0) is 32.0 Å². The van der Waals surface area contributed by atoms with Gasteiger partial charge in [0.1, 0.15) is 5.76 Å². The van der Waals surface area contributed by atoms with Crippen molar-refractivity contribution in [1.82, 2.24) is 5.32 Å². The summed E-state index contributed by atoms with van der Waals surface area (Å²) in [4.78, 5) is 11.1. The second-order valence-corrected chi connectivity index (χ2v) is 3.57. The molecular weight excluding hydrogens is 210 g/mol. The van der Waals surface area contributed by atoms with Crippen LogP contribution in [-0.4, -0.2) is 30.8 Å². The Bertz CT molecular complexity index is 332. The van der Waals surface area contributed by atoms with Crippen molar-refractivity contribution < 1.29 is 19.1 Å². The predicted molar refractivity (Wildman–Crippen MR) is 58.1 cm³/mol. The summed E-state index contributed by atoms with van der Waals surface area (Å²) in [6.07, 6.45) is 0.375. The van der Waals surface area contributed by atoms with E-state index < -0.39 is 5.97 Å². The quantitative estimate of drug-likeness (QED) is 0.558. The highest BCUT2D eigenvalue weighted by molar-refractivity contribution is 5.86. The van der Waals surface area contributed by atoms with E-state index in [1.54, 1.807) is 19.1 Å². The van der Waals surface area contributed by atoms with Crippen LogP contribution in [-0.2, 0) is 11.3 Å². The van der Waals surface area contributed by atoms with Gasteiger partial charge >= 0.3 is 5.97 Å². The first-order valence-electron chi connectivity index (χ1n) is 5.19. The van der Waals surface area contributed by atoms with Gasteiger partial charge < -0.3 is 19.6 Å². The van der Waals surface area contributed by atoms with E-state index in [0.29, 0.717) is 25.3 Å². The normalized spacial score (nSPS) is 12.4. The zero-order valence-corrected chi connectivity index (χ0v) is 9.53. The molecule has 0 aliphatic rings. The summed E-state index contributed by atoms with van der Waals surface area (Å²) >= 11 is 0. The molecule has 0 amide bonds. The van der Waals surface area contributed by atoms with Crippen LogP contribution >= 0.6 is 0 Å². The molecular formula is C11H17NO4. The van der Waals surface area contributed by atoms with Crippen LogP contribution in [0.4, 0.5) is 0 Å². The third-order valence-corrected chi connectivity index (χ3v) is 2.09. The van der Waals surface area contributed by atoms with Crippen molar-refractivity contribution in [3.05, 3.63) is 23.7 Å². The maximum Gasteiger partial charge on any atom is 0.373 e. The van der Waals surface area contributed by atoms with Gasteiger partial charge in [-0.15, -0.1) is 0 Å². The number of rotatable bonds is 6. The average Bonchev–Trinajstić information content (AvgIpc) is 2.71. The minimum Gasteiger partial charge on any atom is -0.463 e. The highest BCUT2D eigenvalue weighted by Gasteiger charge is 2.10. The van der Waals surface area contributed by atoms with E-state index >= 15 is 0 Å².